The maximum Gasteiger partial charge on any atom is 0.240 e. The second-order valence-corrected chi connectivity index (χ2v) is 5.96. The van der Waals surface area contributed by atoms with Gasteiger partial charge in [-0.2, -0.15) is 4.99 Å². The topological polar surface area (TPSA) is 58.5 Å². The van der Waals surface area contributed by atoms with E-state index >= 15 is 0 Å². The Labute approximate surface area is 123 Å². The van der Waals surface area contributed by atoms with Crippen LogP contribution >= 0.6 is 12.2 Å². The average Bonchev–Trinajstić information content (AvgIpc) is 2.47. The molecule has 2 rings (SSSR count). The predicted molar refractivity (Wildman–Crippen MR) is 81.6 cm³/mol. The van der Waals surface area contributed by atoms with Gasteiger partial charge in [0.05, 0.1) is 15.7 Å². The van der Waals surface area contributed by atoms with Crippen molar-refractivity contribution >= 4 is 33.1 Å². The Morgan fingerprint density at radius 3 is 2.30 bits per heavy atom. The third kappa shape index (κ3) is 3.82. The van der Waals surface area contributed by atoms with Gasteiger partial charge in [0.1, 0.15) is 0 Å². The van der Waals surface area contributed by atoms with Crippen LogP contribution < -0.4 is 4.72 Å². The van der Waals surface area contributed by atoms with E-state index < -0.39 is 10.0 Å². The smallest absolute Gasteiger partial charge is 0.207 e. The quantitative estimate of drug-likeness (QED) is 0.682. The number of thiocarbonyl (C=S) groups is 1. The second kappa shape index (κ2) is 6.54. The Morgan fingerprint density at radius 1 is 1.05 bits per heavy atom. The molecule has 0 heterocycles. The molecule has 2 aromatic carbocycles. The van der Waals surface area contributed by atoms with Gasteiger partial charge in [-0.15, -0.1) is 0 Å². The second-order valence-electron chi connectivity index (χ2n) is 4.01. The lowest BCUT2D eigenvalue weighted by molar-refractivity contribution is 0.581. The van der Waals surface area contributed by atoms with E-state index in [1.165, 1.54) is 12.1 Å². The molecule has 4 nitrogen and oxygen atoms in total. The monoisotopic (exact) mass is 304 g/mol. The van der Waals surface area contributed by atoms with Crippen molar-refractivity contribution in [1.29, 1.82) is 0 Å². The number of benzene rings is 2. The first-order valence-electron chi connectivity index (χ1n) is 5.83. The summed E-state index contributed by atoms with van der Waals surface area (Å²) in [6, 6.07) is 15.5. The largest absolute Gasteiger partial charge is 0.240 e. The number of sulfonamides is 1. The number of aliphatic imine (C=N–C) groups is 1. The number of isothiocyanates is 1. The molecule has 1 N–H and O–H groups in total. The van der Waals surface area contributed by atoms with Crippen molar-refractivity contribution in [2.24, 2.45) is 4.99 Å². The summed E-state index contributed by atoms with van der Waals surface area (Å²) >= 11 is 4.49. The SMILES string of the molecule is O=S(=O)(NCc1ccccc1)c1ccc(N=C=S)cc1. The van der Waals surface area contributed by atoms with Crippen molar-refractivity contribution in [3.05, 3.63) is 60.2 Å². The number of nitrogens with zero attached hydrogens (tertiary/aromatic N) is 1. The van der Waals surface area contributed by atoms with Gasteiger partial charge in [-0.1, -0.05) is 30.3 Å². The van der Waals surface area contributed by atoms with Gasteiger partial charge in [-0.3, -0.25) is 0 Å². The normalized spacial score (nSPS) is 10.8. The summed E-state index contributed by atoms with van der Waals surface area (Å²) in [5.41, 5.74) is 1.47. The summed E-state index contributed by atoms with van der Waals surface area (Å²) in [7, 11) is -3.53. The molecule has 0 bridgehead atoms. The molecule has 0 saturated heterocycles. The third-order valence-corrected chi connectivity index (χ3v) is 4.14. The van der Waals surface area contributed by atoms with Crippen LogP contribution in [0.2, 0.25) is 0 Å². The van der Waals surface area contributed by atoms with Gasteiger partial charge in [0.25, 0.3) is 0 Å². The van der Waals surface area contributed by atoms with Crippen LogP contribution in [0.3, 0.4) is 0 Å². The molecule has 0 aliphatic rings. The zero-order chi connectivity index (χ0) is 14.4. The van der Waals surface area contributed by atoms with Gasteiger partial charge in [0.15, 0.2) is 0 Å². The molecule has 0 unspecified atom stereocenters. The van der Waals surface area contributed by atoms with E-state index in [4.69, 9.17) is 0 Å². The van der Waals surface area contributed by atoms with Crippen molar-refractivity contribution in [2.75, 3.05) is 0 Å². The lowest BCUT2D eigenvalue weighted by atomic mass is 10.2. The first-order valence-corrected chi connectivity index (χ1v) is 7.72. The molecule has 2 aromatic rings. The Kier molecular flexibility index (Phi) is 4.76. The van der Waals surface area contributed by atoms with Crippen LogP contribution in [0.5, 0.6) is 0 Å². The van der Waals surface area contributed by atoms with E-state index in [2.05, 4.69) is 27.1 Å². The molecule has 0 radical (unpaired) electrons. The fraction of sp³-hybridized carbons (Fsp3) is 0.0714. The summed E-state index contributed by atoms with van der Waals surface area (Å²) in [4.78, 5) is 3.96. The van der Waals surface area contributed by atoms with Gasteiger partial charge >= 0.3 is 0 Å². The molecule has 0 fully saturated rings. The molecular formula is C14H12N2O2S2. The lowest BCUT2D eigenvalue weighted by Crippen LogP contribution is -2.23. The third-order valence-electron chi connectivity index (χ3n) is 2.63. The minimum absolute atomic E-state index is 0.191. The highest BCUT2D eigenvalue weighted by Crippen LogP contribution is 2.16. The average molecular weight is 304 g/mol. The van der Waals surface area contributed by atoms with Crippen molar-refractivity contribution in [2.45, 2.75) is 11.4 Å². The predicted octanol–water partition coefficient (Wildman–Crippen LogP) is 2.90. The molecular weight excluding hydrogens is 292 g/mol. The van der Waals surface area contributed by atoms with Gasteiger partial charge in [-0.05, 0) is 42.0 Å². The van der Waals surface area contributed by atoms with Crippen molar-refractivity contribution < 1.29 is 8.42 Å². The molecule has 6 heteroatoms. The maximum absolute atomic E-state index is 12.1. The minimum Gasteiger partial charge on any atom is -0.207 e. The summed E-state index contributed by atoms with van der Waals surface area (Å²) < 4.78 is 26.7. The van der Waals surface area contributed by atoms with Crippen LogP contribution in [0, 0.1) is 0 Å². The Hall–Kier alpha value is -1.85. The summed E-state index contributed by atoms with van der Waals surface area (Å²) in [6.45, 7) is 0.253. The zero-order valence-corrected chi connectivity index (χ0v) is 12.1. The highest BCUT2D eigenvalue weighted by Gasteiger charge is 2.13. The molecule has 102 valence electrons. The summed E-state index contributed by atoms with van der Waals surface area (Å²) in [6.07, 6.45) is 0. The fourth-order valence-corrected chi connectivity index (χ4v) is 2.73. The van der Waals surface area contributed by atoms with Crippen LogP contribution in [0.25, 0.3) is 0 Å². The van der Waals surface area contributed by atoms with Crippen LogP contribution in [-0.2, 0) is 16.6 Å². The standard InChI is InChI=1S/C14H12N2O2S2/c17-20(18,16-10-12-4-2-1-3-5-12)14-8-6-13(7-9-14)15-11-19/h1-9,16H,10H2. The minimum atomic E-state index is -3.53. The molecule has 0 saturated carbocycles. The van der Waals surface area contributed by atoms with Gasteiger partial charge in [0.2, 0.25) is 10.0 Å². The van der Waals surface area contributed by atoms with Gasteiger partial charge < -0.3 is 0 Å². The van der Waals surface area contributed by atoms with Crippen LogP contribution in [-0.4, -0.2) is 13.6 Å². The Bertz CT molecular complexity index is 720. The van der Waals surface area contributed by atoms with E-state index in [0.29, 0.717) is 5.69 Å². The number of hydrogen-bond donors (Lipinski definition) is 1. The first-order chi connectivity index (χ1) is 9.62. The fourth-order valence-electron chi connectivity index (χ4n) is 1.61. The van der Waals surface area contributed by atoms with Crippen molar-refractivity contribution in [3.8, 4) is 0 Å². The number of hydrogen-bond acceptors (Lipinski definition) is 4. The van der Waals surface area contributed by atoms with Crippen LogP contribution in [0.4, 0.5) is 5.69 Å². The highest BCUT2D eigenvalue weighted by molar-refractivity contribution is 7.89. The van der Waals surface area contributed by atoms with Gasteiger partial charge in [0, 0.05) is 6.54 Å². The van der Waals surface area contributed by atoms with Gasteiger partial charge in [-0.25, -0.2) is 13.1 Å². The molecule has 0 amide bonds. The molecule has 0 atom stereocenters. The summed E-state index contributed by atoms with van der Waals surface area (Å²) in [5.74, 6) is 0. The molecule has 0 aromatic heterocycles. The number of rotatable bonds is 5. The van der Waals surface area contributed by atoms with E-state index in [0.717, 1.165) is 5.56 Å². The van der Waals surface area contributed by atoms with E-state index in [9.17, 15) is 8.42 Å². The molecule has 0 aliphatic heterocycles. The Morgan fingerprint density at radius 2 is 1.70 bits per heavy atom. The lowest BCUT2D eigenvalue weighted by Gasteiger charge is -2.06. The van der Waals surface area contributed by atoms with Crippen LogP contribution in [0.15, 0.2) is 64.5 Å². The first kappa shape index (κ1) is 14.6. The van der Waals surface area contributed by atoms with E-state index in [1.54, 1.807) is 12.1 Å². The molecule has 0 spiro atoms. The van der Waals surface area contributed by atoms with E-state index in [-0.39, 0.29) is 11.4 Å². The number of nitrogens with one attached hydrogen (secondary N) is 1. The van der Waals surface area contributed by atoms with E-state index in [1.807, 2.05) is 30.3 Å². The van der Waals surface area contributed by atoms with Crippen molar-refractivity contribution in [3.63, 3.8) is 0 Å². The molecule has 0 aliphatic carbocycles. The molecule has 20 heavy (non-hydrogen) atoms. The Balaban J connectivity index is 2.12. The highest BCUT2D eigenvalue weighted by atomic mass is 32.2. The van der Waals surface area contributed by atoms with Crippen molar-refractivity contribution in [1.82, 2.24) is 4.72 Å². The zero-order valence-electron chi connectivity index (χ0n) is 10.5. The summed E-state index contributed by atoms with van der Waals surface area (Å²) in [5, 5.41) is 2.23. The maximum atomic E-state index is 12.1. The van der Waals surface area contributed by atoms with Crippen LogP contribution in [0.1, 0.15) is 5.56 Å².